The molecule has 1 atom stereocenters. The molecular formula is C15H29N3O. The van der Waals surface area contributed by atoms with E-state index < -0.39 is 0 Å². The molecule has 2 aliphatic heterocycles. The number of likely N-dealkylation sites (tertiary alicyclic amines) is 1. The minimum Gasteiger partial charge on any atom is -0.341 e. The molecule has 0 radical (unpaired) electrons. The number of piperidine rings is 2. The van der Waals surface area contributed by atoms with E-state index >= 15 is 0 Å². The van der Waals surface area contributed by atoms with Crippen LogP contribution < -0.4 is 5.32 Å². The molecule has 0 aromatic rings. The fourth-order valence-corrected chi connectivity index (χ4v) is 3.52. The van der Waals surface area contributed by atoms with Gasteiger partial charge in [0.15, 0.2) is 0 Å². The zero-order chi connectivity index (χ0) is 13.9. The minimum absolute atomic E-state index is 0.0839. The van der Waals surface area contributed by atoms with Crippen molar-refractivity contribution in [2.45, 2.75) is 45.1 Å². The van der Waals surface area contributed by atoms with Gasteiger partial charge >= 0.3 is 0 Å². The molecule has 0 spiro atoms. The lowest BCUT2D eigenvalue weighted by molar-refractivity contribution is -0.146. The standard InChI is InChI=1S/C15H29N3O/c1-4-15(7-9-16-10-8-15)14(19)18-11-5-6-13(12-18)17(2)3/h13,16H,4-12H2,1-3H3. The number of likely N-dealkylation sites (N-methyl/N-ethyl adjacent to an activating group) is 1. The predicted octanol–water partition coefficient (Wildman–Crippen LogP) is 1.32. The molecule has 110 valence electrons. The fourth-order valence-electron chi connectivity index (χ4n) is 3.52. The Hall–Kier alpha value is -0.610. The number of carbonyl (C=O) groups excluding carboxylic acids is 1. The van der Waals surface area contributed by atoms with Crippen molar-refractivity contribution >= 4 is 5.91 Å². The SMILES string of the molecule is CCC1(C(=O)N2CCCC(N(C)C)C2)CCNCC1. The average Bonchev–Trinajstić information content (AvgIpc) is 2.47. The molecule has 1 unspecified atom stereocenters. The highest BCUT2D eigenvalue weighted by atomic mass is 16.2. The molecule has 0 aromatic carbocycles. The van der Waals surface area contributed by atoms with Crippen molar-refractivity contribution in [3.05, 3.63) is 0 Å². The first-order valence-corrected chi connectivity index (χ1v) is 7.75. The molecule has 2 saturated heterocycles. The minimum atomic E-state index is -0.0839. The van der Waals surface area contributed by atoms with Crippen molar-refractivity contribution in [2.24, 2.45) is 5.41 Å². The molecule has 19 heavy (non-hydrogen) atoms. The molecule has 0 aliphatic carbocycles. The van der Waals surface area contributed by atoms with Gasteiger partial charge in [0, 0.05) is 19.1 Å². The third kappa shape index (κ3) is 3.11. The Morgan fingerprint density at radius 1 is 1.37 bits per heavy atom. The smallest absolute Gasteiger partial charge is 0.228 e. The van der Waals surface area contributed by atoms with E-state index in [0.29, 0.717) is 11.9 Å². The molecule has 2 heterocycles. The topological polar surface area (TPSA) is 35.6 Å². The van der Waals surface area contributed by atoms with Gasteiger partial charge in [-0.2, -0.15) is 0 Å². The van der Waals surface area contributed by atoms with E-state index in [1.807, 2.05) is 0 Å². The third-order valence-corrected chi connectivity index (χ3v) is 5.11. The van der Waals surface area contributed by atoms with Crippen LogP contribution in [-0.4, -0.2) is 62.0 Å². The second-order valence-electron chi connectivity index (χ2n) is 6.39. The molecule has 0 bridgehead atoms. The Labute approximate surface area is 117 Å². The molecule has 1 amide bonds. The van der Waals surface area contributed by atoms with Crippen LogP contribution in [0, 0.1) is 5.41 Å². The van der Waals surface area contributed by atoms with Crippen LogP contribution >= 0.6 is 0 Å². The normalized spacial score (nSPS) is 27.6. The number of carbonyl (C=O) groups is 1. The Bertz CT molecular complexity index is 311. The summed E-state index contributed by atoms with van der Waals surface area (Å²) in [6, 6.07) is 0.535. The maximum atomic E-state index is 13.0. The predicted molar refractivity (Wildman–Crippen MR) is 78.1 cm³/mol. The van der Waals surface area contributed by atoms with Gasteiger partial charge in [-0.05, 0) is 59.3 Å². The monoisotopic (exact) mass is 267 g/mol. The Balaban J connectivity index is 2.04. The van der Waals surface area contributed by atoms with Crippen molar-refractivity contribution in [3.8, 4) is 0 Å². The molecule has 4 nitrogen and oxygen atoms in total. The maximum absolute atomic E-state index is 13.0. The maximum Gasteiger partial charge on any atom is 0.228 e. The van der Waals surface area contributed by atoms with Crippen LogP contribution in [0.3, 0.4) is 0 Å². The van der Waals surface area contributed by atoms with Crippen LogP contribution in [0.15, 0.2) is 0 Å². The largest absolute Gasteiger partial charge is 0.341 e. The molecule has 0 aromatic heterocycles. The van der Waals surface area contributed by atoms with Gasteiger partial charge < -0.3 is 15.1 Å². The van der Waals surface area contributed by atoms with E-state index in [0.717, 1.165) is 51.9 Å². The van der Waals surface area contributed by atoms with Crippen LogP contribution in [0.4, 0.5) is 0 Å². The lowest BCUT2D eigenvalue weighted by atomic mass is 9.75. The third-order valence-electron chi connectivity index (χ3n) is 5.11. The zero-order valence-electron chi connectivity index (χ0n) is 12.7. The highest BCUT2D eigenvalue weighted by molar-refractivity contribution is 5.83. The van der Waals surface area contributed by atoms with Crippen LogP contribution in [0.2, 0.25) is 0 Å². The lowest BCUT2D eigenvalue weighted by Crippen LogP contribution is -2.54. The average molecular weight is 267 g/mol. The van der Waals surface area contributed by atoms with Crippen molar-refractivity contribution in [1.82, 2.24) is 15.1 Å². The van der Waals surface area contributed by atoms with Crippen LogP contribution in [0.5, 0.6) is 0 Å². The number of rotatable bonds is 3. The molecule has 1 N–H and O–H groups in total. The fraction of sp³-hybridized carbons (Fsp3) is 0.933. The first-order chi connectivity index (χ1) is 9.09. The zero-order valence-corrected chi connectivity index (χ0v) is 12.7. The summed E-state index contributed by atoms with van der Waals surface area (Å²) in [4.78, 5) is 17.4. The van der Waals surface area contributed by atoms with E-state index in [4.69, 9.17) is 0 Å². The van der Waals surface area contributed by atoms with E-state index in [-0.39, 0.29) is 5.41 Å². The van der Waals surface area contributed by atoms with Crippen LogP contribution in [0.25, 0.3) is 0 Å². The van der Waals surface area contributed by atoms with Crippen molar-refractivity contribution in [1.29, 1.82) is 0 Å². The Morgan fingerprint density at radius 3 is 2.63 bits per heavy atom. The summed E-state index contributed by atoms with van der Waals surface area (Å²) in [5.74, 6) is 0.419. The summed E-state index contributed by atoms with van der Waals surface area (Å²) >= 11 is 0. The van der Waals surface area contributed by atoms with Crippen molar-refractivity contribution in [2.75, 3.05) is 40.3 Å². The van der Waals surface area contributed by atoms with Gasteiger partial charge in [0.1, 0.15) is 0 Å². The Kier molecular flexibility index (Phi) is 4.85. The number of hydrogen-bond donors (Lipinski definition) is 1. The first kappa shape index (κ1) is 14.8. The first-order valence-electron chi connectivity index (χ1n) is 7.75. The summed E-state index contributed by atoms with van der Waals surface area (Å²) in [7, 11) is 4.25. The number of nitrogens with one attached hydrogen (secondary N) is 1. The summed E-state index contributed by atoms with van der Waals surface area (Å²) in [5.41, 5.74) is -0.0839. The van der Waals surface area contributed by atoms with Gasteiger partial charge in [-0.15, -0.1) is 0 Å². The molecular weight excluding hydrogens is 238 g/mol. The molecule has 0 saturated carbocycles. The van der Waals surface area contributed by atoms with E-state index in [9.17, 15) is 4.79 Å². The molecule has 2 fully saturated rings. The second kappa shape index (κ2) is 6.23. The van der Waals surface area contributed by atoms with Gasteiger partial charge in [-0.3, -0.25) is 4.79 Å². The number of nitrogens with zero attached hydrogens (tertiary/aromatic N) is 2. The summed E-state index contributed by atoms with van der Waals surface area (Å²) in [6.45, 7) is 6.03. The lowest BCUT2D eigenvalue weighted by Gasteiger charge is -2.43. The van der Waals surface area contributed by atoms with Gasteiger partial charge in [0.25, 0.3) is 0 Å². The van der Waals surface area contributed by atoms with Crippen LogP contribution in [0.1, 0.15) is 39.0 Å². The number of amides is 1. The van der Waals surface area contributed by atoms with Gasteiger partial charge in [-0.25, -0.2) is 0 Å². The Morgan fingerprint density at radius 2 is 2.05 bits per heavy atom. The van der Waals surface area contributed by atoms with E-state index in [1.54, 1.807) is 0 Å². The van der Waals surface area contributed by atoms with Gasteiger partial charge in [0.2, 0.25) is 5.91 Å². The van der Waals surface area contributed by atoms with Gasteiger partial charge in [-0.1, -0.05) is 6.92 Å². The number of hydrogen-bond acceptors (Lipinski definition) is 3. The van der Waals surface area contributed by atoms with E-state index in [2.05, 4.69) is 36.1 Å². The molecule has 2 rings (SSSR count). The molecule has 2 aliphatic rings. The van der Waals surface area contributed by atoms with Crippen LogP contribution in [-0.2, 0) is 4.79 Å². The van der Waals surface area contributed by atoms with Crippen molar-refractivity contribution < 1.29 is 4.79 Å². The summed E-state index contributed by atoms with van der Waals surface area (Å²) < 4.78 is 0. The van der Waals surface area contributed by atoms with E-state index in [1.165, 1.54) is 6.42 Å². The second-order valence-corrected chi connectivity index (χ2v) is 6.39. The highest BCUT2D eigenvalue weighted by Gasteiger charge is 2.41. The summed E-state index contributed by atoms with van der Waals surface area (Å²) in [6.07, 6.45) is 5.36. The highest BCUT2D eigenvalue weighted by Crippen LogP contribution is 2.35. The van der Waals surface area contributed by atoms with Gasteiger partial charge in [0.05, 0.1) is 5.41 Å². The van der Waals surface area contributed by atoms with Crippen molar-refractivity contribution in [3.63, 3.8) is 0 Å². The molecule has 4 heteroatoms. The quantitative estimate of drug-likeness (QED) is 0.838. The summed E-state index contributed by atoms with van der Waals surface area (Å²) in [5, 5.41) is 3.38.